The van der Waals surface area contributed by atoms with Gasteiger partial charge in [0.2, 0.25) is 0 Å². The molecule has 9 heteroatoms. The summed E-state index contributed by atoms with van der Waals surface area (Å²) in [6, 6.07) is 7.97. The molecule has 0 aliphatic heterocycles. The number of aliphatic carboxylic acids is 1. The zero-order valence-electron chi connectivity index (χ0n) is 13.2. The first kappa shape index (κ1) is 19.4. The summed E-state index contributed by atoms with van der Waals surface area (Å²) < 4.78 is 10.1. The lowest BCUT2D eigenvalue weighted by atomic mass is 10.1. The number of carboxylic acids is 1. The Labute approximate surface area is 158 Å². The van der Waals surface area contributed by atoms with E-state index in [1.54, 1.807) is 18.2 Å². The third-order valence-electron chi connectivity index (χ3n) is 3.04. The number of hydrogen-bond acceptors (Lipinski definition) is 5. The summed E-state index contributed by atoms with van der Waals surface area (Å²) in [5.41, 5.74) is 0.218. The van der Waals surface area contributed by atoms with Gasteiger partial charge < -0.3 is 19.6 Å². The molecule has 0 saturated carbocycles. The molecule has 0 bridgehead atoms. The van der Waals surface area contributed by atoms with Crippen LogP contribution < -0.4 is 10.1 Å². The molecule has 0 unspecified atom stereocenters. The van der Waals surface area contributed by atoms with Crippen LogP contribution in [0.1, 0.15) is 11.3 Å². The van der Waals surface area contributed by atoms with Crippen molar-refractivity contribution in [1.29, 1.82) is 5.26 Å². The third kappa shape index (κ3) is 5.28. The van der Waals surface area contributed by atoms with Gasteiger partial charge in [-0.15, -0.1) is 0 Å². The van der Waals surface area contributed by atoms with Crippen molar-refractivity contribution in [2.24, 2.45) is 0 Å². The van der Waals surface area contributed by atoms with Gasteiger partial charge in [-0.1, -0.05) is 23.2 Å². The van der Waals surface area contributed by atoms with E-state index in [1.807, 2.05) is 0 Å². The van der Waals surface area contributed by atoms with E-state index >= 15 is 0 Å². The lowest BCUT2D eigenvalue weighted by Gasteiger charge is -2.09. The number of benzene rings is 1. The monoisotopic (exact) mass is 394 g/mol. The fourth-order valence-electron chi connectivity index (χ4n) is 1.93. The smallest absolute Gasteiger partial charge is 0.341 e. The standard InChI is InChI=1S/C17H12Cl2N2O5/c18-13-5-10(6-14(19)16(13)26-9-15(22)23)4-11(7-20)17(24)21-8-12-2-1-3-25-12/h1-6H,8-9H2,(H,21,24)(H,22,23)/b11-4+. The largest absolute Gasteiger partial charge is 0.479 e. The van der Waals surface area contributed by atoms with Crippen LogP contribution in [0, 0.1) is 11.3 Å². The number of ether oxygens (including phenoxy) is 1. The second kappa shape index (κ2) is 8.94. The molecule has 2 rings (SSSR count). The molecule has 0 aliphatic rings. The molecule has 7 nitrogen and oxygen atoms in total. The van der Waals surface area contributed by atoms with Crippen molar-refractivity contribution in [2.45, 2.75) is 6.54 Å². The highest BCUT2D eigenvalue weighted by Crippen LogP contribution is 2.34. The second-order valence-corrected chi connectivity index (χ2v) is 5.74. The number of nitriles is 1. The lowest BCUT2D eigenvalue weighted by Crippen LogP contribution is -2.23. The van der Waals surface area contributed by atoms with Gasteiger partial charge in [-0.05, 0) is 35.9 Å². The maximum Gasteiger partial charge on any atom is 0.341 e. The van der Waals surface area contributed by atoms with Crippen molar-refractivity contribution in [3.63, 3.8) is 0 Å². The average molecular weight is 395 g/mol. The number of nitrogens with zero attached hydrogens (tertiary/aromatic N) is 1. The summed E-state index contributed by atoms with van der Waals surface area (Å²) in [5.74, 6) is -1.22. The highest BCUT2D eigenvalue weighted by molar-refractivity contribution is 6.37. The quantitative estimate of drug-likeness (QED) is 0.550. The molecular formula is C17H12Cl2N2O5. The predicted molar refractivity (Wildman–Crippen MR) is 93.7 cm³/mol. The fourth-order valence-corrected chi connectivity index (χ4v) is 2.54. The highest BCUT2D eigenvalue weighted by atomic mass is 35.5. The van der Waals surface area contributed by atoms with Crippen LogP contribution >= 0.6 is 23.2 Å². The summed E-state index contributed by atoms with van der Waals surface area (Å²) >= 11 is 12.1. The number of hydrogen-bond donors (Lipinski definition) is 2. The molecule has 1 aromatic carbocycles. The molecule has 0 radical (unpaired) electrons. The minimum absolute atomic E-state index is 0.00802. The predicted octanol–water partition coefficient (Wildman–Crippen LogP) is 3.27. The Morgan fingerprint density at radius 2 is 2.04 bits per heavy atom. The lowest BCUT2D eigenvalue weighted by molar-refractivity contribution is -0.139. The Morgan fingerprint density at radius 1 is 1.35 bits per heavy atom. The molecule has 1 amide bonds. The first-order valence-electron chi connectivity index (χ1n) is 7.16. The van der Waals surface area contributed by atoms with Crippen LogP contribution in [0.2, 0.25) is 10.0 Å². The van der Waals surface area contributed by atoms with Crippen LogP contribution in [0.3, 0.4) is 0 Å². The minimum Gasteiger partial charge on any atom is -0.479 e. The molecule has 0 saturated heterocycles. The maximum absolute atomic E-state index is 12.1. The van der Waals surface area contributed by atoms with Crippen molar-refractivity contribution in [3.05, 3.63) is 57.5 Å². The Hall–Kier alpha value is -2.95. The summed E-state index contributed by atoms with van der Waals surface area (Å²) in [7, 11) is 0. The van der Waals surface area contributed by atoms with Gasteiger partial charge in [0.15, 0.2) is 12.4 Å². The van der Waals surface area contributed by atoms with Crippen molar-refractivity contribution >= 4 is 41.2 Å². The second-order valence-electron chi connectivity index (χ2n) is 4.93. The van der Waals surface area contributed by atoms with Crippen LogP contribution in [0.15, 0.2) is 40.5 Å². The number of nitrogens with one attached hydrogen (secondary N) is 1. The van der Waals surface area contributed by atoms with Crippen molar-refractivity contribution in [1.82, 2.24) is 5.32 Å². The van der Waals surface area contributed by atoms with Gasteiger partial charge in [-0.3, -0.25) is 4.79 Å². The zero-order valence-corrected chi connectivity index (χ0v) is 14.7. The van der Waals surface area contributed by atoms with Crippen LogP contribution in [-0.4, -0.2) is 23.6 Å². The van der Waals surface area contributed by atoms with Gasteiger partial charge >= 0.3 is 5.97 Å². The van der Waals surface area contributed by atoms with Crippen LogP contribution in [0.5, 0.6) is 5.75 Å². The van der Waals surface area contributed by atoms with Gasteiger partial charge in [0.05, 0.1) is 22.9 Å². The average Bonchev–Trinajstić information content (AvgIpc) is 3.10. The number of halogens is 2. The Morgan fingerprint density at radius 3 is 2.58 bits per heavy atom. The van der Waals surface area contributed by atoms with Crippen molar-refractivity contribution < 1.29 is 23.8 Å². The summed E-state index contributed by atoms with van der Waals surface area (Å²) in [4.78, 5) is 22.6. The van der Waals surface area contributed by atoms with E-state index in [9.17, 15) is 14.9 Å². The molecule has 0 aliphatic carbocycles. The van der Waals surface area contributed by atoms with Gasteiger partial charge in [0, 0.05) is 0 Å². The molecule has 2 N–H and O–H groups in total. The SMILES string of the molecule is N#C/C(=C\c1cc(Cl)c(OCC(=O)O)c(Cl)c1)C(=O)NCc1ccco1. The number of furan rings is 1. The Kier molecular flexibility index (Phi) is 6.67. The Bertz CT molecular complexity index is 862. The zero-order chi connectivity index (χ0) is 19.1. The minimum atomic E-state index is -1.18. The van der Waals surface area contributed by atoms with Crippen LogP contribution in [-0.2, 0) is 16.1 Å². The van der Waals surface area contributed by atoms with E-state index in [1.165, 1.54) is 24.5 Å². The normalized spacial score (nSPS) is 10.9. The summed E-state index contributed by atoms with van der Waals surface area (Å²) in [6.45, 7) is -0.471. The number of rotatable bonds is 7. The van der Waals surface area contributed by atoms with Gasteiger partial charge in [0.25, 0.3) is 5.91 Å². The number of carbonyl (C=O) groups excluding carboxylic acids is 1. The molecule has 2 aromatic rings. The van der Waals surface area contributed by atoms with E-state index < -0.39 is 18.5 Å². The number of amides is 1. The van der Waals surface area contributed by atoms with E-state index in [4.69, 9.17) is 37.5 Å². The van der Waals surface area contributed by atoms with Crippen LogP contribution in [0.4, 0.5) is 0 Å². The molecular weight excluding hydrogens is 383 g/mol. The molecule has 1 heterocycles. The van der Waals surface area contributed by atoms with E-state index in [0.29, 0.717) is 11.3 Å². The topological polar surface area (TPSA) is 113 Å². The summed E-state index contributed by atoms with van der Waals surface area (Å²) in [5, 5.41) is 20.5. The number of carboxylic acid groups (broad SMARTS) is 1. The van der Waals surface area contributed by atoms with Crippen molar-refractivity contribution in [2.75, 3.05) is 6.61 Å². The van der Waals surface area contributed by atoms with E-state index in [-0.39, 0.29) is 27.9 Å². The first-order chi connectivity index (χ1) is 12.4. The van der Waals surface area contributed by atoms with Crippen LogP contribution in [0.25, 0.3) is 6.08 Å². The summed E-state index contributed by atoms with van der Waals surface area (Å²) in [6.07, 6.45) is 2.77. The molecule has 26 heavy (non-hydrogen) atoms. The fraction of sp³-hybridized carbons (Fsp3) is 0.118. The van der Waals surface area contributed by atoms with Gasteiger partial charge in [-0.2, -0.15) is 5.26 Å². The van der Waals surface area contributed by atoms with E-state index in [0.717, 1.165) is 0 Å². The molecule has 0 atom stereocenters. The maximum atomic E-state index is 12.1. The van der Waals surface area contributed by atoms with Gasteiger partial charge in [-0.25, -0.2) is 4.79 Å². The highest BCUT2D eigenvalue weighted by Gasteiger charge is 2.13. The Balaban J connectivity index is 2.16. The number of carbonyl (C=O) groups is 2. The van der Waals surface area contributed by atoms with Crippen molar-refractivity contribution in [3.8, 4) is 11.8 Å². The van der Waals surface area contributed by atoms with Gasteiger partial charge in [0.1, 0.15) is 17.4 Å². The molecule has 134 valence electrons. The van der Waals surface area contributed by atoms with E-state index in [2.05, 4.69) is 5.32 Å². The molecule has 0 fully saturated rings. The third-order valence-corrected chi connectivity index (χ3v) is 3.60. The first-order valence-corrected chi connectivity index (χ1v) is 7.92. The molecule has 0 spiro atoms. The molecule has 1 aromatic heterocycles.